The minimum Gasteiger partial charge on any atom is -0.348 e. The van der Waals surface area contributed by atoms with Crippen molar-refractivity contribution in [2.45, 2.75) is 52.4 Å². The van der Waals surface area contributed by atoms with Crippen molar-refractivity contribution in [2.24, 2.45) is 17.8 Å². The number of carbonyl (C=O) groups is 1. The Balaban J connectivity index is 1.33. The van der Waals surface area contributed by atoms with Crippen LogP contribution in [0.1, 0.15) is 49.1 Å². The number of amides is 1. The van der Waals surface area contributed by atoms with Crippen LogP contribution in [0, 0.1) is 31.6 Å². The summed E-state index contributed by atoms with van der Waals surface area (Å²) in [6.45, 7) is 8.24. The van der Waals surface area contributed by atoms with Crippen molar-refractivity contribution < 1.29 is 4.79 Å². The quantitative estimate of drug-likeness (QED) is 0.820. The van der Waals surface area contributed by atoms with Crippen molar-refractivity contribution in [1.82, 2.24) is 9.88 Å². The first-order valence-electron chi connectivity index (χ1n) is 9.59. The lowest BCUT2D eigenvalue weighted by atomic mass is 9.82. The average molecular weight is 348 g/mol. The van der Waals surface area contributed by atoms with Gasteiger partial charge in [0.2, 0.25) is 5.91 Å². The van der Waals surface area contributed by atoms with E-state index in [0.717, 1.165) is 61.7 Å². The highest BCUT2D eigenvalue weighted by Gasteiger charge is 2.39. The number of piperidine rings is 1. The molecule has 0 N–H and O–H groups in total. The van der Waals surface area contributed by atoms with Gasteiger partial charge in [-0.05, 0) is 51.4 Å². The van der Waals surface area contributed by atoms with Crippen LogP contribution in [0.2, 0.25) is 0 Å². The van der Waals surface area contributed by atoms with Gasteiger partial charge in [0, 0.05) is 37.0 Å². The van der Waals surface area contributed by atoms with Crippen molar-refractivity contribution in [3.05, 3.63) is 10.6 Å². The molecule has 132 valence electrons. The topological polar surface area (TPSA) is 36.4 Å². The van der Waals surface area contributed by atoms with Crippen LogP contribution in [0.15, 0.2) is 0 Å². The molecule has 3 aliphatic rings. The van der Waals surface area contributed by atoms with E-state index < -0.39 is 0 Å². The molecule has 2 aliphatic heterocycles. The summed E-state index contributed by atoms with van der Waals surface area (Å²) in [6.07, 6.45) is 7.40. The molecule has 5 heteroatoms. The Labute approximate surface area is 149 Å². The Hall–Kier alpha value is -1.10. The summed E-state index contributed by atoms with van der Waals surface area (Å²) in [4.78, 5) is 23.5. The SMILES string of the molecule is Cc1nc(N2CCC(C(=O)N3CC4CCCCC4C3)CC2)sc1C. The number of aromatic nitrogens is 1. The molecule has 4 nitrogen and oxygen atoms in total. The molecule has 2 saturated heterocycles. The molecule has 3 fully saturated rings. The van der Waals surface area contributed by atoms with Crippen molar-refractivity contribution in [1.29, 1.82) is 0 Å². The zero-order valence-corrected chi connectivity index (χ0v) is 15.8. The van der Waals surface area contributed by atoms with E-state index in [1.807, 2.05) is 0 Å². The van der Waals surface area contributed by atoms with E-state index in [9.17, 15) is 4.79 Å². The van der Waals surface area contributed by atoms with Gasteiger partial charge in [-0.2, -0.15) is 0 Å². The number of anilines is 1. The van der Waals surface area contributed by atoms with Gasteiger partial charge in [0.05, 0.1) is 5.69 Å². The van der Waals surface area contributed by atoms with Crippen molar-refractivity contribution in [3.63, 3.8) is 0 Å². The molecular weight excluding hydrogens is 318 g/mol. The minimum atomic E-state index is 0.239. The second-order valence-electron chi connectivity index (χ2n) is 7.95. The molecule has 2 unspecified atom stereocenters. The first-order valence-corrected chi connectivity index (χ1v) is 10.4. The molecule has 1 aliphatic carbocycles. The summed E-state index contributed by atoms with van der Waals surface area (Å²) in [5.41, 5.74) is 1.15. The number of nitrogens with zero attached hydrogens (tertiary/aromatic N) is 3. The maximum Gasteiger partial charge on any atom is 0.225 e. The molecule has 1 amide bonds. The normalized spacial score (nSPS) is 28.2. The predicted molar refractivity (Wildman–Crippen MR) is 98.6 cm³/mol. The number of hydrogen-bond acceptors (Lipinski definition) is 4. The van der Waals surface area contributed by atoms with Gasteiger partial charge in [0.1, 0.15) is 0 Å². The molecule has 0 bridgehead atoms. The van der Waals surface area contributed by atoms with Crippen molar-refractivity contribution in [2.75, 3.05) is 31.1 Å². The second-order valence-corrected chi connectivity index (χ2v) is 9.13. The van der Waals surface area contributed by atoms with Crippen LogP contribution in [-0.4, -0.2) is 42.0 Å². The van der Waals surface area contributed by atoms with E-state index >= 15 is 0 Å². The van der Waals surface area contributed by atoms with Crippen LogP contribution >= 0.6 is 11.3 Å². The molecule has 24 heavy (non-hydrogen) atoms. The average Bonchev–Trinajstić information content (AvgIpc) is 3.18. The molecule has 0 aromatic carbocycles. The van der Waals surface area contributed by atoms with Gasteiger partial charge in [-0.3, -0.25) is 4.79 Å². The van der Waals surface area contributed by atoms with Gasteiger partial charge in [-0.25, -0.2) is 4.98 Å². The fraction of sp³-hybridized carbons (Fsp3) is 0.789. The van der Waals surface area contributed by atoms with E-state index in [1.165, 1.54) is 30.6 Å². The Bertz CT molecular complexity index is 572. The highest BCUT2D eigenvalue weighted by molar-refractivity contribution is 7.15. The number of aryl methyl sites for hydroxylation is 2. The van der Waals surface area contributed by atoms with E-state index in [-0.39, 0.29) is 5.92 Å². The number of thiazole rings is 1. The Kier molecular flexibility index (Phi) is 4.54. The molecule has 0 radical (unpaired) electrons. The third-order valence-corrected chi connectivity index (χ3v) is 7.55. The zero-order chi connectivity index (χ0) is 16.7. The molecule has 0 spiro atoms. The lowest BCUT2D eigenvalue weighted by Gasteiger charge is -2.33. The highest BCUT2D eigenvalue weighted by atomic mass is 32.1. The lowest BCUT2D eigenvalue weighted by molar-refractivity contribution is -0.135. The van der Waals surface area contributed by atoms with E-state index in [4.69, 9.17) is 0 Å². The van der Waals surface area contributed by atoms with Crippen LogP contribution in [0.4, 0.5) is 5.13 Å². The van der Waals surface area contributed by atoms with Crippen molar-refractivity contribution in [3.8, 4) is 0 Å². The number of carbonyl (C=O) groups excluding carboxylic acids is 1. The number of hydrogen-bond donors (Lipinski definition) is 0. The molecule has 1 aromatic rings. The summed E-state index contributed by atoms with van der Waals surface area (Å²) in [5.74, 6) is 2.27. The van der Waals surface area contributed by atoms with Gasteiger partial charge in [-0.15, -0.1) is 11.3 Å². The molecule has 1 aromatic heterocycles. The standard InChI is InChI=1S/C19H29N3OS/c1-13-14(2)24-19(20-13)21-9-7-15(8-10-21)18(23)22-11-16-5-3-4-6-17(16)12-22/h15-17H,3-12H2,1-2H3. The van der Waals surface area contributed by atoms with Crippen LogP contribution < -0.4 is 4.90 Å². The summed E-state index contributed by atoms with van der Waals surface area (Å²) >= 11 is 1.79. The summed E-state index contributed by atoms with van der Waals surface area (Å²) in [6, 6.07) is 0. The second kappa shape index (κ2) is 6.66. The molecule has 1 saturated carbocycles. The van der Waals surface area contributed by atoms with Gasteiger partial charge in [-0.1, -0.05) is 12.8 Å². The third kappa shape index (κ3) is 3.07. The predicted octanol–water partition coefficient (Wildman–Crippen LogP) is 3.62. The Morgan fingerprint density at radius 3 is 2.21 bits per heavy atom. The first-order chi connectivity index (χ1) is 11.6. The van der Waals surface area contributed by atoms with Crippen molar-refractivity contribution >= 4 is 22.4 Å². The van der Waals surface area contributed by atoms with Crippen LogP contribution in [0.5, 0.6) is 0 Å². The monoisotopic (exact) mass is 347 g/mol. The van der Waals surface area contributed by atoms with Crippen LogP contribution in [0.3, 0.4) is 0 Å². The fourth-order valence-electron chi connectivity index (χ4n) is 4.75. The molecular formula is C19H29N3OS. The van der Waals surface area contributed by atoms with Gasteiger partial charge in [0.15, 0.2) is 5.13 Å². The highest BCUT2D eigenvalue weighted by Crippen LogP contribution is 2.37. The third-order valence-electron chi connectivity index (χ3n) is 6.42. The maximum absolute atomic E-state index is 12.9. The lowest BCUT2D eigenvalue weighted by Crippen LogP contribution is -2.42. The summed E-state index contributed by atoms with van der Waals surface area (Å²) in [7, 11) is 0. The summed E-state index contributed by atoms with van der Waals surface area (Å²) < 4.78 is 0. The Morgan fingerprint density at radius 1 is 1.04 bits per heavy atom. The molecule has 2 atom stereocenters. The molecule has 3 heterocycles. The van der Waals surface area contributed by atoms with Crippen LogP contribution in [0.25, 0.3) is 0 Å². The zero-order valence-electron chi connectivity index (χ0n) is 15.0. The van der Waals surface area contributed by atoms with Gasteiger partial charge in [0.25, 0.3) is 0 Å². The van der Waals surface area contributed by atoms with Gasteiger partial charge < -0.3 is 9.80 Å². The largest absolute Gasteiger partial charge is 0.348 e. The Morgan fingerprint density at radius 2 is 1.67 bits per heavy atom. The number of rotatable bonds is 2. The fourth-order valence-corrected chi connectivity index (χ4v) is 5.71. The van der Waals surface area contributed by atoms with E-state index in [2.05, 4.69) is 28.6 Å². The van der Waals surface area contributed by atoms with Gasteiger partial charge >= 0.3 is 0 Å². The summed E-state index contributed by atoms with van der Waals surface area (Å²) in [5, 5.41) is 1.14. The number of fused-ring (bicyclic) bond motifs is 1. The molecule has 4 rings (SSSR count). The minimum absolute atomic E-state index is 0.239. The van der Waals surface area contributed by atoms with E-state index in [1.54, 1.807) is 11.3 Å². The maximum atomic E-state index is 12.9. The smallest absolute Gasteiger partial charge is 0.225 e. The van der Waals surface area contributed by atoms with E-state index in [0.29, 0.717) is 5.91 Å². The van der Waals surface area contributed by atoms with Crippen LogP contribution in [-0.2, 0) is 4.79 Å². The first kappa shape index (κ1) is 16.4. The number of likely N-dealkylation sites (tertiary alicyclic amines) is 1.